The quantitative estimate of drug-likeness (QED) is 0.438. The molecule has 1 heterocycles. The van der Waals surface area contributed by atoms with Crippen molar-refractivity contribution in [2.75, 3.05) is 5.32 Å². The third-order valence-electron chi connectivity index (χ3n) is 3.16. The molecule has 22 heavy (non-hydrogen) atoms. The van der Waals surface area contributed by atoms with Crippen molar-refractivity contribution in [1.29, 1.82) is 0 Å². The maximum Gasteiger partial charge on any atom is 0.270 e. The van der Waals surface area contributed by atoms with Gasteiger partial charge in [0.2, 0.25) is 0 Å². The molecule has 1 amide bonds. The molecular formula is C15H10N2O5. The lowest BCUT2D eigenvalue weighted by molar-refractivity contribution is -0.384. The number of carbonyl (C=O) groups excluding carboxylic acids is 1. The number of carbonyl (C=O) groups is 1. The fourth-order valence-corrected chi connectivity index (χ4v) is 2.08. The second kappa shape index (κ2) is 5.21. The number of hydrogen-bond acceptors (Lipinski definition) is 5. The average Bonchev–Trinajstić information content (AvgIpc) is 2.92. The standard InChI is InChI=1S/C15H10N2O5/c18-13-4-2-1-3-12(13)16-15(19)11-8-22-14-6-5-9(17(20)21)7-10(11)14/h1-8,18H,(H,16,19). The highest BCUT2D eigenvalue weighted by Crippen LogP contribution is 2.28. The number of furan rings is 1. The average molecular weight is 298 g/mol. The van der Waals surface area contributed by atoms with Crippen molar-refractivity contribution in [1.82, 2.24) is 0 Å². The molecule has 0 aliphatic heterocycles. The fourth-order valence-electron chi connectivity index (χ4n) is 2.08. The summed E-state index contributed by atoms with van der Waals surface area (Å²) in [7, 11) is 0. The molecule has 3 aromatic rings. The highest BCUT2D eigenvalue weighted by Gasteiger charge is 2.17. The lowest BCUT2D eigenvalue weighted by atomic mass is 10.1. The molecule has 0 unspecified atom stereocenters. The summed E-state index contributed by atoms with van der Waals surface area (Å²) in [6.45, 7) is 0. The molecule has 0 saturated carbocycles. The normalized spacial score (nSPS) is 10.5. The number of non-ortho nitro benzene ring substituents is 1. The van der Waals surface area contributed by atoms with Crippen LogP contribution in [0.3, 0.4) is 0 Å². The molecule has 110 valence electrons. The number of amides is 1. The van der Waals surface area contributed by atoms with E-state index in [0.29, 0.717) is 11.0 Å². The Morgan fingerprint density at radius 3 is 2.73 bits per heavy atom. The van der Waals surface area contributed by atoms with Crippen LogP contribution in [-0.2, 0) is 0 Å². The van der Waals surface area contributed by atoms with E-state index in [1.54, 1.807) is 12.1 Å². The van der Waals surface area contributed by atoms with Crippen molar-refractivity contribution in [2.45, 2.75) is 0 Å². The van der Waals surface area contributed by atoms with Crippen molar-refractivity contribution < 1.29 is 19.2 Å². The van der Waals surface area contributed by atoms with Gasteiger partial charge in [0, 0.05) is 17.5 Å². The summed E-state index contributed by atoms with van der Waals surface area (Å²) in [4.78, 5) is 22.6. The Labute approximate surface area is 123 Å². The van der Waals surface area contributed by atoms with Crippen LogP contribution in [-0.4, -0.2) is 15.9 Å². The number of aromatic hydroxyl groups is 1. The van der Waals surface area contributed by atoms with Crippen molar-refractivity contribution in [3.63, 3.8) is 0 Å². The minimum atomic E-state index is -0.544. The van der Waals surface area contributed by atoms with E-state index in [1.165, 1.54) is 36.6 Å². The molecule has 7 nitrogen and oxygen atoms in total. The summed E-state index contributed by atoms with van der Waals surface area (Å²) in [6, 6.07) is 10.3. The number of fused-ring (bicyclic) bond motifs is 1. The number of anilines is 1. The Bertz CT molecular complexity index is 885. The summed E-state index contributed by atoms with van der Waals surface area (Å²) < 4.78 is 5.23. The van der Waals surface area contributed by atoms with Crippen LogP contribution >= 0.6 is 0 Å². The first-order chi connectivity index (χ1) is 10.6. The number of nitro groups is 1. The molecule has 2 N–H and O–H groups in total. The monoisotopic (exact) mass is 298 g/mol. The molecule has 1 aromatic heterocycles. The van der Waals surface area contributed by atoms with Gasteiger partial charge in [-0.2, -0.15) is 0 Å². The Morgan fingerprint density at radius 1 is 1.23 bits per heavy atom. The Morgan fingerprint density at radius 2 is 2.00 bits per heavy atom. The minimum Gasteiger partial charge on any atom is -0.506 e. The van der Waals surface area contributed by atoms with Crippen molar-refractivity contribution in [3.8, 4) is 5.75 Å². The second-order valence-electron chi connectivity index (χ2n) is 4.56. The number of nitrogens with one attached hydrogen (secondary N) is 1. The molecule has 0 fully saturated rings. The smallest absolute Gasteiger partial charge is 0.270 e. The molecule has 0 spiro atoms. The zero-order chi connectivity index (χ0) is 15.7. The number of hydrogen-bond donors (Lipinski definition) is 2. The summed E-state index contributed by atoms with van der Waals surface area (Å²) in [5.41, 5.74) is 0.632. The van der Waals surface area contributed by atoms with Crippen LogP contribution in [0, 0.1) is 10.1 Å². The maximum atomic E-state index is 12.3. The first-order valence-corrected chi connectivity index (χ1v) is 6.31. The van der Waals surface area contributed by atoms with Crippen LogP contribution in [0.5, 0.6) is 5.75 Å². The van der Waals surface area contributed by atoms with E-state index in [-0.39, 0.29) is 22.7 Å². The first-order valence-electron chi connectivity index (χ1n) is 6.31. The zero-order valence-corrected chi connectivity index (χ0v) is 11.1. The molecule has 0 atom stereocenters. The predicted octanol–water partition coefficient (Wildman–Crippen LogP) is 3.30. The van der Waals surface area contributed by atoms with Crippen molar-refractivity contribution in [3.05, 3.63) is 64.4 Å². The Kier molecular flexibility index (Phi) is 3.23. The van der Waals surface area contributed by atoms with Crippen LogP contribution in [0.2, 0.25) is 0 Å². The van der Waals surface area contributed by atoms with E-state index >= 15 is 0 Å². The van der Waals surface area contributed by atoms with Crippen molar-refractivity contribution in [2.24, 2.45) is 0 Å². The molecule has 3 rings (SSSR count). The topological polar surface area (TPSA) is 106 Å². The molecule has 0 aliphatic carbocycles. The number of nitrogens with zero attached hydrogens (tertiary/aromatic N) is 1. The Balaban J connectivity index is 1.99. The molecule has 0 aliphatic rings. The predicted molar refractivity (Wildman–Crippen MR) is 78.9 cm³/mol. The number of benzene rings is 2. The Hall–Kier alpha value is -3.35. The third-order valence-corrected chi connectivity index (χ3v) is 3.16. The van der Waals surface area contributed by atoms with E-state index in [0.717, 1.165) is 0 Å². The minimum absolute atomic E-state index is 0.0744. The third kappa shape index (κ3) is 2.35. The van der Waals surface area contributed by atoms with Crippen LogP contribution < -0.4 is 5.32 Å². The van der Waals surface area contributed by atoms with E-state index in [2.05, 4.69) is 5.32 Å². The lowest BCUT2D eigenvalue weighted by Gasteiger charge is -2.05. The number of rotatable bonds is 3. The maximum absolute atomic E-state index is 12.3. The van der Waals surface area contributed by atoms with Crippen LogP contribution in [0.15, 0.2) is 53.1 Å². The van der Waals surface area contributed by atoms with Gasteiger partial charge in [0.25, 0.3) is 11.6 Å². The number of para-hydroxylation sites is 2. The summed E-state index contributed by atoms with van der Waals surface area (Å²) >= 11 is 0. The summed E-state index contributed by atoms with van der Waals surface area (Å²) in [6.07, 6.45) is 1.23. The van der Waals surface area contributed by atoms with Gasteiger partial charge in [0.1, 0.15) is 17.6 Å². The molecular weight excluding hydrogens is 288 g/mol. The van der Waals surface area contributed by atoms with E-state index in [9.17, 15) is 20.0 Å². The molecule has 0 bridgehead atoms. The van der Waals surface area contributed by atoms with E-state index in [1.807, 2.05) is 0 Å². The van der Waals surface area contributed by atoms with Crippen LogP contribution in [0.4, 0.5) is 11.4 Å². The molecule has 2 aromatic carbocycles. The van der Waals surface area contributed by atoms with Gasteiger partial charge in [-0.25, -0.2) is 0 Å². The second-order valence-corrected chi connectivity index (χ2v) is 4.56. The van der Waals surface area contributed by atoms with Gasteiger partial charge >= 0.3 is 0 Å². The largest absolute Gasteiger partial charge is 0.506 e. The number of phenols is 1. The van der Waals surface area contributed by atoms with Gasteiger partial charge in [-0.3, -0.25) is 14.9 Å². The van der Waals surface area contributed by atoms with Gasteiger partial charge in [-0.15, -0.1) is 0 Å². The molecule has 0 radical (unpaired) electrons. The summed E-state index contributed by atoms with van der Waals surface area (Å²) in [5, 5.41) is 23.4. The van der Waals surface area contributed by atoms with Gasteiger partial charge in [0.15, 0.2) is 0 Å². The van der Waals surface area contributed by atoms with Crippen LogP contribution in [0.25, 0.3) is 11.0 Å². The van der Waals surface area contributed by atoms with Crippen molar-refractivity contribution >= 4 is 28.3 Å². The SMILES string of the molecule is O=C(Nc1ccccc1O)c1coc2ccc([N+](=O)[O-])cc12. The molecule has 7 heteroatoms. The van der Waals surface area contributed by atoms with Gasteiger partial charge in [-0.05, 0) is 18.2 Å². The highest BCUT2D eigenvalue weighted by atomic mass is 16.6. The number of phenolic OH excluding ortho intramolecular Hbond substituents is 1. The van der Waals surface area contributed by atoms with Crippen LogP contribution in [0.1, 0.15) is 10.4 Å². The lowest BCUT2D eigenvalue weighted by Crippen LogP contribution is -2.11. The molecule has 0 saturated heterocycles. The van der Waals surface area contributed by atoms with E-state index < -0.39 is 10.8 Å². The van der Waals surface area contributed by atoms with Gasteiger partial charge in [0.05, 0.1) is 16.2 Å². The van der Waals surface area contributed by atoms with Gasteiger partial charge < -0.3 is 14.8 Å². The zero-order valence-electron chi connectivity index (χ0n) is 11.1. The fraction of sp³-hybridized carbons (Fsp3) is 0. The summed E-state index contributed by atoms with van der Waals surface area (Å²) in [5.74, 6) is -0.602. The van der Waals surface area contributed by atoms with E-state index in [4.69, 9.17) is 4.42 Å². The highest BCUT2D eigenvalue weighted by molar-refractivity contribution is 6.12. The first kappa shape index (κ1) is 13.6. The van der Waals surface area contributed by atoms with Gasteiger partial charge in [-0.1, -0.05) is 12.1 Å². The number of nitro benzene ring substituents is 1.